The summed E-state index contributed by atoms with van der Waals surface area (Å²) in [5.74, 6) is 1.14. The Balaban J connectivity index is 0.00000128. The zero-order valence-corrected chi connectivity index (χ0v) is 11.2. The van der Waals surface area contributed by atoms with Gasteiger partial charge in [-0.15, -0.1) is 24.2 Å². The average Bonchev–Trinajstić information content (AvgIpc) is 2.31. The van der Waals surface area contributed by atoms with Gasteiger partial charge in [0.15, 0.2) is 0 Å². The zero-order valence-electron chi connectivity index (χ0n) is 9.61. The van der Waals surface area contributed by atoms with Crippen molar-refractivity contribution in [1.82, 2.24) is 5.32 Å². The number of halogens is 1. The van der Waals surface area contributed by atoms with Gasteiger partial charge in [-0.25, -0.2) is 0 Å². The highest BCUT2D eigenvalue weighted by Crippen LogP contribution is 2.29. The van der Waals surface area contributed by atoms with Crippen molar-refractivity contribution in [3.8, 4) is 0 Å². The van der Waals surface area contributed by atoms with Crippen LogP contribution >= 0.6 is 24.2 Å². The summed E-state index contributed by atoms with van der Waals surface area (Å²) >= 11 is 1.93. The summed E-state index contributed by atoms with van der Waals surface area (Å²) in [6, 6.07) is 8.73. The summed E-state index contributed by atoms with van der Waals surface area (Å²) in [5.41, 5.74) is 1.41. The molecule has 0 amide bonds. The molecule has 2 nitrogen and oxygen atoms in total. The van der Waals surface area contributed by atoms with Crippen LogP contribution in [0.1, 0.15) is 6.92 Å². The topological polar surface area (TPSA) is 15.3 Å². The van der Waals surface area contributed by atoms with E-state index in [0.29, 0.717) is 0 Å². The molecule has 1 saturated heterocycles. The molecule has 1 aliphatic rings. The molecule has 1 N–H and O–H groups in total. The van der Waals surface area contributed by atoms with Crippen LogP contribution in [0.2, 0.25) is 0 Å². The number of anilines is 1. The SMILES string of the molecule is CCSc1ccccc1N1CCNCC1.Cl. The van der Waals surface area contributed by atoms with Crippen molar-refractivity contribution in [2.45, 2.75) is 11.8 Å². The maximum atomic E-state index is 3.39. The number of benzene rings is 1. The number of piperazine rings is 1. The normalized spacial score (nSPS) is 15.7. The highest BCUT2D eigenvalue weighted by Gasteiger charge is 2.13. The number of nitrogens with one attached hydrogen (secondary N) is 1. The van der Waals surface area contributed by atoms with Gasteiger partial charge in [0.1, 0.15) is 0 Å². The van der Waals surface area contributed by atoms with E-state index in [1.165, 1.54) is 10.6 Å². The van der Waals surface area contributed by atoms with Gasteiger partial charge >= 0.3 is 0 Å². The molecule has 0 spiro atoms. The lowest BCUT2D eigenvalue weighted by Gasteiger charge is -2.30. The monoisotopic (exact) mass is 258 g/mol. The predicted molar refractivity (Wildman–Crippen MR) is 75.2 cm³/mol. The van der Waals surface area contributed by atoms with Crippen LogP contribution in [-0.4, -0.2) is 31.9 Å². The van der Waals surface area contributed by atoms with E-state index >= 15 is 0 Å². The molecule has 1 fully saturated rings. The van der Waals surface area contributed by atoms with E-state index in [-0.39, 0.29) is 12.4 Å². The van der Waals surface area contributed by atoms with Crippen LogP contribution in [0.5, 0.6) is 0 Å². The van der Waals surface area contributed by atoms with E-state index in [0.717, 1.165) is 31.9 Å². The van der Waals surface area contributed by atoms with Gasteiger partial charge in [-0.1, -0.05) is 19.1 Å². The molecule has 4 heteroatoms. The van der Waals surface area contributed by atoms with Gasteiger partial charge in [-0.2, -0.15) is 0 Å². The second-order valence-corrected chi connectivity index (χ2v) is 4.94. The van der Waals surface area contributed by atoms with E-state index < -0.39 is 0 Å². The van der Waals surface area contributed by atoms with E-state index in [4.69, 9.17) is 0 Å². The number of nitrogens with zero attached hydrogens (tertiary/aromatic N) is 1. The maximum absolute atomic E-state index is 3.39. The maximum Gasteiger partial charge on any atom is 0.0505 e. The van der Waals surface area contributed by atoms with Crippen molar-refractivity contribution in [3.05, 3.63) is 24.3 Å². The number of rotatable bonds is 3. The molecule has 2 rings (SSSR count). The second-order valence-electron chi connectivity index (χ2n) is 3.64. The molecule has 0 bridgehead atoms. The fraction of sp³-hybridized carbons (Fsp3) is 0.500. The van der Waals surface area contributed by atoms with Crippen molar-refractivity contribution in [3.63, 3.8) is 0 Å². The molecule has 0 aliphatic carbocycles. The molecule has 0 atom stereocenters. The standard InChI is InChI=1S/C12H18N2S.ClH/c1-2-15-12-6-4-3-5-11(12)14-9-7-13-8-10-14;/h3-6,13H,2,7-10H2,1H3;1H. The van der Waals surface area contributed by atoms with Crippen molar-refractivity contribution >= 4 is 29.9 Å². The summed E-state index contributed by atoms with van der Waals surface area (Å²) in [6.07, 6.45) is 0. The lowest BCUT2D eigenvalue weighted by molar-refractivity contribution is 0.587. The smallest absolute Gasteiger partial charge is 0.0505 e. The third kappa shape index (κ3) is 3.30. The minimum absolute atomic E-state index is 0. The first-order chi connectivity index (χ1) is 7.42. The predicted octanol–water partition coefficient (Wildman–Crippen LogP) is 2.63. The number of thioether (sulfide) groups is 1. The lowest BCUT2D eigenvalue weighted by atomic mass is 10.2. The van der Waals surface area contributed by atoms with Gasteiger partial charge < -0.3 is 10.2 Å². The Kier molecular flexibility index (Phi) is 6.03. The average molecular weight is 259 g/mol. The number of hydrogen-bond acceptors (Lipinski definition) is 3. The summed E-state index contributed by atoms with van der Waals surface area (Å²) in [7, 11) is 0. The summed E-state index contributed by atoms with van der Waals surface area (Å²) in [4.78, 5) is 3.90. The fourth-order valence-electron chi connectivity index (χ4n) is 1.90. The van der Waals surface area contributed by atoms with Crippen molar-refractivity contribution in [2.24, 2.45) is 0 Å². The highest BCUT2D eigenvalue weighted by molar-refractivity contribution is 7.99. The van der Waals surface area contributed by atoms with Crippen LogP contribution in [0.15, 0.2) is 29.2 Å². The van der Waals surface area contributed by atoms with E-state index in [9.17, 15) is 0 Å². The second kappa shape index (κ2) is 7.05. The molecule has 0 unspecified atom stereocenters. The molecular formula is C12H19ClN2S. The molecular weight excluding hydrogens is 240 g/mol. The Morgan fingerprint density at radius 1 is 1.25 bits per heavy atom. The largest absolute Gasteiger partial charge is 0.368 e. The first-order valence-electron chi connectivity index (χ1n) is 5.59. The minimum atomic E-state index is 0. The molecule has 1 heterocycles. The molecule has 16 heavy (non-hydrogen) atoms. The molecule has 0 saturated carbocycles. The van der Waals surface area contributed by atoms with Gasteiger partial charge in [0.2, 0.25) is 0 Å². The molecule has 90 valence electrons. The Hall–Kier alpha value is -0.380. The van der Waals surface area contributed by atoms with Crippen LogP contribution in [0.25, 0.3) is 0 Å². The summed E-state index contributed by atoms with van der Waals surface area (Å²) < 4.78 is 0. The number of para-hydroxylation sites is 1. The van der Waals surface area contributed by atoms with Gasteiger partial charge in [0.05, 0.1) is 5.69 Å². The zero-order chi connectivity index (χ0) is 10.5. The summed E-state index contributed by atoms with van der Waals surface area (Å²) in [5, 5.41) is 3.39. The van der Waals surface area contributed by atoms with Crippen LogP contribution in [0.4, 0.5) is 5.69 Å². The lowest BCUT2D eigenvalue weighted by Crippen LogP contribution is -2.43. The first kappa shape index (κ1) is 13.7. The van der Waals surface area contributed by atoms with E-state index in [2.05, 4.69) is 41.4 Å². The quantitative estimate of drug-likeness (QED) is 0.840. The van der Waals surface area contributed by atoms with Crippen LogP contribution in [0.3, 0.4) is 0 Å². The molecule has 1 aromatic carbocycles. The van der Waals surface area contributed by atoms with E-state index in [1.54, 1.807) is 0 Å². The Morgan fingerprint density at radius 3 is 2.62 bits per heavy atom. The van der Waals surface area contributed by atoms with Crippen LogP contribution < -0.4 is 10.2 Å². The molecule has 0 aromatic heterocycles. The van der Waals surface area contributed by atoms with E-state index in [1.807, 2.05) is 11.8 Å². The first-order valence-corrected chi connectivity index (χ1v) is 6.58. The molecule has 0 radical (unpaired) electrons. The third-order valence-corrected chi connectivity index (χ3v) is 3.57. The third-order valence-electron chi connectivity index (χ3n) is 2.62. The highest BCUT2D eigenvalue weighted by atomic mass is 35.5. The minimum Gasteiger partial charge on any atom is -0.368 e. The van der Waals surface area contributed by atoms with Crippen LogP contribution in [0, 0.1) is 0 Å². The Bertz CT molecular complexity index is 314. The van der Waals surface area contributed by atoms with Gasteiger partial charge in [0, 0.05) is 31.1 Å². The van der Waals surface area contributed by atoms with Gasteiger partial charge in [0.25, 0.3) is 0 Å². The van der Waals surface area contributed by atoms with Crippen molar-refractivity contribution in [2.75, 3.05) is 36.8 Å². The number of hydrogen-bond donors (Lipinski definition) is 1. The molecule has 1 aliphatic heterocycles. The van der Waals surface area contributed by atoms with Crippen molar-refractivity contribution < 1.29 is 0 Å². The summed E-state index contributed by atoms with van der Waals surface area (Å²) in [6.45, 7) is 6.66. The van der Waals surface area contributed by atoms with Crippen molar-refractivity contribution in [1.29, 1.82) is 0 Å². The van der Waals surface area contributed by atoms with Crippen LogP contribution in [-0.2, 0) is 0 Å². The van der Waals surface area contributed by atoms with Gasteiger partial charge in [-0.05, 0) is 17.9 Å². The Morgan fingerprint density at radius 2 is 1.94 bits per heavy atom. The fourth-order valence-corrected chi connectivity index (χ4v) is 2.73. The Labute approximate surface area is 108 Å². The molecule has 1 aromatic rings. The van der Waals surface area contributed by atoms with Gasteiger partial charge in [-0.3, -0.25) is 0 Å².